The summed E-state index contributed by atoms with van der Waals surface area (Å²) in [6, 6.07) is 8.30. The zero-order valence-electron chi connectivity index (χ0n) is 13.9. The summed E-state index contributed by atoms with van der Waals surface area (Å²) in [6.07, 6.45) is 1.74. The van der Waals surface area contributed by atoms with Crippen molar-refractivity contribution in [3.05, 3.63) is 29.8 Å². The van der Waals surface area contributed by atoms with E-state index in [1.54, 1.807) is 0 Å². The van der Waals surface area contributed by atoms with Crippen LogP contribution in [0.2, 0.25) is 0 Å². The minimum Gasteiger partial charge on any atom is -0.381 e. The Labute approximate surface area is 139 Å². The maximum atomic E-state index is 12.0. The lowest BCUT2D eigenvalue weighted by molar-refractivity contribution is -0.0135. The van der Waals surface area contributed by atoms with E-state index in [1.807, 2.05) is 24.3 Å². The van der Waals surface area contributed by atoms with Crippen LogP contribution in [0, 0.1) is 5.41 Å². The van der Waals surface area contributed by atoms with Gasteiger partial charge in [0.1, 0.15) is 0 Å². The molecule has 0 saturated carbocycles. The van der Waals surface area contributed by atoms with Crippen molar-refractivity contribution in [3.63, 3.8) is 0 Å². The van der Waals surface area contributed by atoms with Gasteiger partial charge < -0.3 is 10.1 Å². The third kappa shape index (κ3) is 3.70. The molecule has 1 aromatic rings. The molecular weight excluding hydrogens is 312 g/mol. The van der Waals surface area contributed by atoms with Gasteiger partial charge in [-0.15, -0.1) is 0 Å². The second-order valence-corrected chi connectivity index (χ2v) is 9.18. The molecular formula is C17H26N2O3S. The SMILES string of the molecule is CC1(C)COCCC1NCc1ccc(N2CCCS2(=O)=O)cc1. The highest BCUT2D eigenvalue weighted by Crippen LogP contribution is 2.28. The van der Waals surface area contributed by atoms with E-state index >= 15 is 0 Å². The molecule has 128 valence electrons. The lowest BCUT2D eigenvalue weighted by atomic mass is 9.82. The number of rotatable bonds is 4. The van der Waals surface area contributed by atoms with Crippen LogP contribution >= 0.6 is 0 Å². The van der Waals surface area contributed by atoms with Crippen molar-refractivity contribution >= 4 is 15.7 Å². The predicted octanol–water partition coefficient (Wildman–Crippen LogP) is 2.13. The number of ether oxygens (including phenoxy) is 1. The van der Waals surface area contributed by atoms with Gasteiger partial charge in [0.05, 0.1) is 18.0 Å². The van der Waals surface area contributed by atoms with Gasteiger partial charge in [-0.2, -0.15) is 0 Å². The summed E-state index contributed by atoms with van der Waals surface area (Å²) < 4.78 is 31.0. The van der Waals surface area contributed by atoms with E-state index in [0.717, 1.165) is 31.9 Å². The second-order valence-electron chi connectivity index (χ2n) is 7.17. The maximum absolute atomic E-state index is 12.0. The number of benzene rings is 1. The molecule has 3 rings (SSSR count). The van der Waals surface area contributed by atoms with Crippen molar-refractivity contribution in [3.8, 4) is 0 Å². The predicted molar refractivity (Wildman–Crippen MR) is 92.0 cm³/mol. The van der Waals surface area contributed by atoms with Crippen molar-refractivity contribution < 1.29 is 13.2 Å². The van der Waals surface area contributed by atoms with Crippen molar-refractivity contribution in [1.29, 1.82) is 0 Å². The molecule has 1 atom stereocenters. The highest BCUT2D eigenvalue weighted by atomic mass is 32.2. The molecule has 0 bridgehead atoms. The standard InChI is InChI=1S/C17H26N2O3S/c1-17(2)13-22-10-8-16(17)18-12-14-4-6-15(7-5-14)19-9-3-11-23(19,20)21/h4-7,16,18H,3,8-13H2,1-2H3. The first-order chi connectivity index (χ1) is 10.9. The molecule has 0 amide bonds. The number of sulfonamides is 1. The van der Waals surface area contributed by atoms with E-state index in [1.165, 1.54) is 9.87 Å². The number of hydrogen-bond acceptors (Lipinski definition) is 4. The van der Waals surface area contributed by atoms with Gasteiger partial charge in [-0.05, 0) is 30.5 Å². The Kier molecular flexibility index (Phi) is 4.67. The van der Waals surface area contributed by atoms with Crippen LogP contribution in [0.4, 0.5) is 5.69 Å². The monoisotopic (exact) mass is 338 g/mol. The maximum Gasteiger partial charge on any atom is 0.235 e. The Hall–Kier alpha value is -1.11. The first-order valence-corrected chi connectivity index (χ1v) is 9.90. The van der Waals surface area contributed by atoms with E-state index < -0.39 is 10.0 Å². The first kappa shape index (κ1) is 16.7. The molecule has 1 unspecified atom stereocenters. The topological polar surface area (TPSA) is 58.6 Å². The van der Waals surface area contributed by atoms with Crippen molar-refractivity contribution in [2.75, 3.05) is 29.8 Å². The average Bonchev–Trinajstić information content (AvgIpc) is 2.86. The number of nitrogens with zero attached hydrogens (tertiary/aromatic N) is 1. The van der Waals surface area contributed by atoms with Gasteiger partial charge in [0.25, 0.3) is 0 Å². The smallest absolute Gasteiger partial charge is 0.235 e. The van der Waals surface area contributed by atoms with Crippen LogP contribution in [0.25, 0.3) is 0 Å². The lowest BCUT2D eigenvalue weighted by Gasteiger charge is -2.39. The Morgan fingerprint density at radius 1 is 1.30 bits per heavy atom. The van der Waals surface area contributed by atoms with Gasteiger partial charge in [-0.3, -0.25) is 4.31 Å². The molecule has 5 nitrogen and oxygen atoms in total. The molecule has 23 heavy (non-hydrogen) atoms. The zero-order valence-corrected chi connectivity index (χ0v) is 14.7. The Balaban J connectivity index is 1.62. The average molecular weight is 338 g/mol. The molecule has 0 aromatic heterocycles. The van der Waals surface area contributed by atoms with E-state index in [2.05, 4.69) is 19.2 Å². The van der Waals surface area contributed by atoms with Gasteiger partial charge in [-0.1, -0.05) is 26.0 Å². The molecule has 2 aliphatic heterocycles. The fraction of sp³-hybridized carbons (Fsp3) is 0.647. The van der Waals surface area contributed by atoms with E-state index in [0.29, 0.717) is 19.0 Å². The Morgan fingerprint density at radius 3 is 2.65 bits per heavy atom. The lowest BCUT2D eigenvalue weighted by Crippen LogP contribution is -2.48. The van der Waals surface area contributed by atoms with E-state index in [4.69, 9.17) is 4.74 Å². The summed E-state index contributed by atoms with van der Waals surface area (Å²) in [5.74, 6) is 0.259. The van der Waals surface area contributed by atoms with Gasteiger partial charge in [0.15, 0.2) is 0 Å². The largest absolute Gasteiger partial charge is 0.381 e. The molecule has 0 spiro atoms. The fourth-order valence-corrected chi connectivity index (χ4v) is 4.92. The minimum absolute atomic E-state index is 0.141. The first-order valence-electron chi connectivity index (χ1n) is 8.29. The number of hydrogen-bond donors (Lipinski definition) is 1. The van der Waals surface area contributed by atoms with Crippen LogP contribution in [0.5, 0.6) is 0 Å². The number of nitrogens with one attached hydrogen (secondary N) is 1. The van der Waals surface area contributed by atoms with Crippen LogP contribution in [-0.4, -0.2) is 40.0 Å². The molecule has 0 radical (unpaired) electrons. The van der Waals surface area contributed by atoms with Crippen LogP contribution in [-0.2, 0) is 21.3 Å². The van der Waals surface area contributed by atoms with Crippen molar-refractivity contribution in [2.45, 2.75) is 39.3 Å². The molecule has 1 N–H and O–H groups in total. The quantitative estimate of drug-likeness (QED) is 0.914. The summed E-state index contributed by atoms with van der Waals surface area (Å²) in [6.45, 7) is 7.44. The third-order valence-electron chi connectivity index (χ3n) is 4.84. The molecule has 2 heterocycles. The van der Waals surface area contributed by atoms with E-state index in [-0.39, 0.29) is 11.2 Å². The number of anilines is 1. The molecule has 2 fully saturated rings. The molecule has 2 saturated heterocycles. The summed E-state index contributed by atoms with van der Waals surface area (Å²) in [7, 11) is -3.09. The second kappa shape index (κ2) is 6.42. The summed E-state index contributed by atoms with van der Waals surface area (Å²) in [5, 5.41) is 3.62. The van der Waals surface area contributed by atoms with E-state index in [9.17, 15) is 8.42 Å². The summed E-state index contributed by atoms with van der Waals surface area (Å²) in [5.41, 5.74) is 2.09. The highest BCUT2D eigenvalue weighted by Gasteiger charge is 2.32. The van der Waals surface area contributed by atoms with Gasteiger partial charge in [0.2, 0.25) is 10.0 Å². The normalized spacial score (nSPS) is 26.3. The Bertz CT molecular complexity index is 640. The molecule has 0 aliphatic carbocycles. The Morgan fingerprint density at radius 2 is 2.04 bits per heavy atom. The van der Waals surface area contributed by atoms with Gasteiger partial charge >= 0.3 is 0 Å². The van der Waals surface area contributed by atoms with Crippen LogP contribution in [0.3, 0.4) is 0 Å². The van der Waals surface area contributed by atoms with Gasteiger partial charge in [0, 0.05) is 31.2 Å². The van der Waals surface area contributed by atoms with Crippen LogP contribution < -0.4 is 9.62 Å². The summed E-state index contributed by atoms with van der Waals surface area (Å²) >= 11 is 0. The van der Waals surface area contributed by atoms with Crippen LogP contribution in [0.15, 0.2) is 24.3 Å². The van der Waals surface area contributed by atoms with Crippen molar-refractivity contribution in [1.82, 2.24) is 5.32 Å². The van der Waals surface area contributed by atoms with Gasteiger partial charge in [-0.25, -0.2) is 8.42 Å². The molecule has 2 aliphatic rings. The minimum atomic E-state index is -3.09. The molecule has 6 heteroatoms. The third-order valence-corrected chi connectivity index (χ3v) is 6.71. The zero-order chi connectivity index (χ0) is 16.5. The van der Waals surface area contributed by atoms with Crippen LogP contribution in [0.1, 0.15) is 32.3 Å². The fourth-order valence-electron chi connectivity index (χ4n) is 3.36. The van der Waals surface area contributed by atoms with Crippen molar-refractivity contribution in [2.24, 2.45) is 5.41 Å². The molecule has 1 aromatic carbocycles. The summed E-state index contributed by atoms with van der Waals surface area (Å²) in [4.78, 5) is 0. The highest BCUT2D eigenvalue weighted by molar-refractivity contribution is 7.93.